The van der Waals surface area contributed by atoms with E-state index < -0.39 is 5.97 Å². The summed E-state index contributed by atoms with van der Waals surface area (Å²) in [5, 5.41) is 14.1. The molecular formula is C6H5BrN2O4. The minimum absolute atomic E-state index is 0.00935. The Bertz CT molecular complexity index is 360. The molecule has 0 atom stereocenters. The molecule has 0 fully saturated rings. The highest BCUT2D eigenvalue weighted by Gasteiger charge is 2.19. The van der Waals surface area contributed by atoms with Crippen LogP contribution in [0.25, 0.3) is 0 Å². The Balaban J connectivity index is 2.99. The first kappa shape index (κ1) is 9.72. The maximum absolute atomic E-state index is 10.6. The molecular weight excluding hydrogens is 244 g/mol. The number of hydrogen-bond acceptors (Lipinski definition) is 4. The van der Waals surface area contributed by atoms with E-state index in [4.69, 9.17) is 5.11 Å². The van der Waals surface area contributed by atoms with Crippen molar-refractivity contribution in [1.29, 1.82) is 0 Å². The van der Waals surface area contributed by atoms with E-state index in [0.717, 1.165) is 0 Å². The number of rotatable bonds is 2. The Labute approximate surface area is 81.0 Å². The van der Waals surface area contributed by atoms with Gasteiger partial charge in [0.05, 0.1) is 0 Å². The van der Waals surface area contributed by atoms with Crippen LogP contribution in [0.5, 0.6) is 0 Å². The first-order chi connectivity index (χ1) is 6.02. The van der Waals surface area contributed by atoms with Gasteiger partial charge in [-0.15, -0.1) is 0 Å². The number of carbonyl (C=O) groups is 2. The van der Waals surface area contributed by atoms with Gasteiger partial charge in [0.2, 0.25) is 17.5 Å². The number of nitrogens with zero attached hydrogens (tertiary/aromatic N) is 1. The van der Waals surface area contributed by atoms with Gasteiger partial charge in [0.25, 0.3) is 0 Å². The quantitative estimate of drug-likeness (QED) is 0.818. The van der Waals surface area contributed by atoms with Crippen LogP contribution in [0.15, 0.2) is 9.00 Å². The number of aromatic nitrogens is 1. The Morgan fingerprint density at radius 2 is 2.23 bits per heavy atom. The summed E-state index contributed by atoms with van der Waals surface area (Å²) in [5.74, 6) is -1.61. The topological polar surface area (TPSA) is 92.4 Å². The molecule has 13 heavy (non-hydrogen) atoms. The minimum Gasteiger partial charge on any atom is -0.476 e. The van der Waals surface area contributed by atoms with Crippen LogP contribution in [0.4, 0.5) is 5.88 Å². The van der Waals surface area contributed by atoms with Gasteiger partial charge < -0.3 is 9.63 Å². The molecule has 0 unspecified atom stereocenters. The minimum atomic E-state index is -1.23. The van der Waals surface area contributed by atoms with Crippen LogP contribution in [-0.2, 0) is 4.79 Å². The van der Waals surface area contributed by atoms with Gasteiger partial charge in [0.1, 0.15) is 4.47 Å². The standard InChI is InChI=1S/C6H5BrN2O4/c1-2(10)8-5-3(7)4(6(11)12)9-13-5/h1H3,(H,8,10)(H,11,12). The van der Waals surface area contributed by atoms with Crippen molar-refractivity contribution < 1.29 is 19.2 Å². The van der Waals surface area contributed by atoms with Gasteiger partial charge in [-0.05, 0) is 15.9 Å². The Hall–Kier alpha value is -1.37. The number of amides is 1. The number of nitrogens with one attached hydrogen (secondary N) is 1. The molecule has 0 aliphatic carbocycles. The third kappa shape index (κ3) is 2.05. The molecule has 0 aliphatic rings. The zero-order valence-electron chi connectivity index (χ0n) is 6.50. The van der Waals surface area contributed by atoms with E-state index in [1.54, 1.807) is 0 Å². The number of anilines is 1. The molecule has 0 spiro atoms. The van der Waals surface area contributed by atoms with Crippen molar-refractivity contribution in [3.63, 3.8) is 0 Å². The first-order valence-corrected chi connectivity index (χ1v) is 3.97. The van der Waals surface area contributed by atoms with Crippen LogP contribution in [-0.4, -0.2) is 22.1 Å². The molecule has 6 nitrogen and oxygen atoms in total. The Morgan fingerprint density at radius 1 is 1.62 bits per heavy atom. The lowest BCUT2D eigenvalue weighted by atomic mass is 10.4. The summed E-state index contributed by atoms with van der Waals surface area (Å²) >= 11 is 2.93. The molecule has 2 N–H and O–H groups in total. The number of halogens is 1. The molecule has 0 saturated carbocycles. The molecule has 0 bridgehead atoms. The van der Waals surface area contributed by atoms with Crippen LogP contribution in [0.3, 0.4) is 0 Å². The fraction of sp³-hybridized carbons (Fsp3) is 0.167. The Kier molecular flexibility index (Phi) is 2.66. The number of carbonyl (C=O) groups excluding carboxylic acids is 1. The summed E-state index contributed by atoms with van der Waals surface area (Å²) in [6.45, 7) is 1.27. The monoisotopic (exact) mass is 248 g/mol. The van der Waals surface area contributed by atoms with E-state index in [9.17, 15) is 9.59 Å². The molecule has 0 aromatic carbocycles. The van der Waals surface area contributed by atoms with E-state index in [0.29, 0.717) is 0 Å². The van der Waals surface area contributed by atoms with Crippen LogP contribution in [0.2, 0.25) is 0 Å². The van der Waals surface area contributed by atoms with Crippen molar-refractivity contribution in [2.24, 2.45) is 0 Å². The number of carboxylic acid groups (broad SMARTS) is 1. The molecule has 0 saturated heterocycles. The molecule has 70 valence electrons. The van der Waals surface area contributed by atoms with Crippen molar-refractivity contribution in [3.05, 3.63) is 10.2 Å². The fourth-order valence-corrected chi connectivity index (χ4v) is 1.06. The summed E-state index contributed by atoms with van der Waals surface area (Å²) in [4.78, 5) is 21.0. The van der Waals surface area contributed by atoms with E-state index in [2.05, 4.69) is 30.9 Å². The maximum atomic E-state index is 10.6. The first-order valence-electron chi connectivity index (χ1n) is 3.18. The predicted molar refractivity (Wildman–Crippen MR) is 45.5 cm³/mol. The van der Waals surface area contributed by atoms with Gasteiger partial charge in [-0.25, -0.2) is 4.79 Å². The summed E-state index contributed by atoms with van der Waals surface area (Å²) in [7, 11) is 0. The summed E-state index contributed by atoms with van der Waals surface area (Å²) in [6, 6.07) is 0. The number of hydrogen-bond donors (Lipinski definition) is 2. The van der Waals surface area contributed by atoms with E-state index in [-0.39, 0.29) is 22.0 Å². The molecule has 1 rings (SSSR count). The highest BCUT2D eigenvalue weighted by atomic mass is 79.9. The van der Waals surface area contributed by atoms with Crippen molar-refractivity contribution in [2.45, 2.75) is 6.92 Å². The summed E-state index contributed by atoms with van der Waals surface area (Å²) in [5.41, 5.74) is -0.274. The lowest BCUT2D eigenvalue weighted by molar-refractivity contribution is -0.114. The second-order valence-electron chi connectivity index (χ2n) is 2.16. The maximum Gasteiger partial charge on any atom is 0.359 e. The number of aromatic carboxylic acids is 1. The zero-order valence-corrected chi connectivity index (χ0v) is 8.08. The average molecular weight is 249 g/mol. The van der Waals surface area contributed by atoms with Gasteiger partial charge >= 0.3 is 5.97 Å². The molecule has 1 heterocycles. The van der Waals surface area contributed by atoms with Gasteiger partial charge in [0.15, 0.2) is 0 Å². The smallest absolute Gasteiger partial charge is 0.359 e. The molecule has 0 aliphatic heterocycles. The largest absolute Gasteiger partial charge is 0.476 e. The van der Waals surface area contributed by atoms with Gasteiger partial charge in [-0.3, -0.25) is 10.1 Å². The Morgan fingerprint density at radius 3 is 2.62 bits per heavy atom. The van der Waals surface area contributed by atoms with Gasteiger partial charge in [0, 0.05) is 6.92 Å². The normalized spacial score (nSPS) is 9.69. The van der Waals surface area contributed by atoms with E-state index >= 15 is 0 Å². The lowest BCUT2D eigenvalue weighted by Crippen LogP contribution is -2.05. The van der Waals surface area contributed by atoms with Crippen molar-refractivity contribution in [3.8, 4) is 0 Å². The lowest BCUT2D eigenvalue weighted by Gasteiger charge is -1.93. The third-order valence-corrected chi connectivity index (χ3v) is 1.86. The molecule has 1 amide bonds. The summed E-state index contributed by atoms with van der Waals surface area (Å²) < 4.78 is 4.68. The van der Waals surface area contributed by atoms with E-state index in [1.165, 1.54) is 6.92 Å². The van der Waals surface area contributed by atoms with Crippen LogP contribution in [0.1, 0.15) is 17.4 Å². The molecule has 1 aromatic heterocycles. The van der Waals surface area contributed by atoms with Crippen LogP contribution >= 0.6 is 15.9 Å². The zero-order chi connectivity index (χ0) is 10.0. The second kappa shape index (κ2) is 3.56. The van der Waals surface area contributed by atoms with Crippen LogP contribution < -0.4 is 5.32 Å². The highest BCUT2D eigenvalue weighted by molar-refractivity contribution is 9.10. The molecule has 1 aromatic rings. The van der Waals surface area contributed by atoms with E-state index in [1.807, 2.05) is 0 Å². The van der Waals surface area contributed by atoms with Crippen molar-refractivity contribution in [2.75, 3.05) is 5.32 Å². The fourth-order valence-electron chi connectivity index (χ4n) is 0.649. The second-order valence-corrected chi connectivity index (χ2v) is 2.95. The average Bonchev–Trinajstić information content (AvgIpc) is 2.32. The SMILES string of the molecule is CC(=O)Nc1onc(C(=O)O)c1Br. The predicted octanol–water partition coefficient (Wildman–Crippen LogP) is 1.09. The third-order valence-electron chi connectivity index (χ3n) is 1.13. The van der Waals surface area contributed by atoms with Crippen molar-refractivity contribution in [1.82, 2.24) is 5.16 Å². The summed E-state index contributed by atoms with van der Waals surface area (Å²) in [6.07, 6.45) is 0. The number of carboxylic acids is 1. The molecule has 7 heteroatoms. The van der Waals surface area contributed by atoms with Crippen LogP contribution in [0, 0.1) is 0 Å². The van der Waals surface area contributed by atoms with Crippen molar-refractivity contribution >= 4 is 33.7 Å². The molecule has 0 radical (unpaired) electrons. The van der Waals surface area contributed by atoms with Gasteiger partial charge in [-0.1, -0.05) is 5.16 Å². The van der Waals surface area contributed by atoms with Gasteiger partial charge in [-0.2, -0.15) is 0 Å². The highest BCUT2D eigenvalue weighted by Crippen LogP contribution is 2.25.